The van der Waals surface area contributed by atoms with E-state index >= 15 is 0 Å². The van der Waals surface area contributed by atoms with Gasteiger partial charge in [0.15, 0.2) is 17.8 Å². The van der Waals surface area contributed by atoms with Gasteiger partial charge in [-0.1, -0.05) is 29.8 Å². The largest absolute Gasteiger partial charge is 0.387 e. The Morgan fingerprint density at radius 2 is 1.95 bits per heavy atom. The van der Waals surface area contributed by atoms with Gasteiger partial charge in [0.2, 0.25) is 0 Å². The normalized spacial score (nSPS) is 24.8. The van der Waals surface area contributed by atoms with E-state index in [1.165, 1.54) is 18.3 Å². The van der Waals surface area contributed by atoms with Gasteiger partial charge in [-0.2, -0.15) is 5.10 Å². The lowest BCUT2D eigenvalue weighted by atomic mass is 10.1. The molecule has 1 unspecified atom stereocenters. The average Bonchev–Trinajstić information content (AvgIpc) is 3.32. The van der Waals surface area contributed by atoms with Gasteiger partial charge in [0.05, 0.1) is 29.9 Å². The third-order valence-corrected chi connectivity index (χ3v) is 9.31. The van der Waals surface area contributed by atoms with Gasteiger partial charge in [-0.3, -0.25) is 9.13 Å². The van der Waals surface area contributed by atoms with E-state index in [-0.39, 0.29) is 10.8 Å². The molecule has 6 N–H and O–H groups in total. The predicted octanol–water partition coefficient (Wildman–Crippen LogP) is 2.35. The van der Waals surface area contributed by atoms with Crippen LogP contribution in [-0.4, -0.2) is 70.5 Å². The van der Waals surface area contributed by atoms with Crippen LogP contribution in [0, 0.1) is 5.82 Å². The van der Waals surface area contributed by atoms with Crippen LogP contribution >= 0.6 is 26.8 Å². The summed E-state index contributed by atoms with van der Waals surface area (Å²) in [6, 6.07) is 7.31. The minimum Gasteiger partial charge on any atom is -0.387 e. The first-order valence-electron chi connectivity index (χ1n) is 10.8. The molecule has 37 heavy (non-hydrogen) atoms. The molecular formula is C20H24ClFN4O9P2. The first kappa shape index (κ1) is 28.1. The summed E-state index contributed by atoms with van der Waals surface area (Å²) in [6.45, 7) is 1.00. The Bertz CT molecular complexity index is 1390. The van der Waals surface area contributed by atoms with E-state index < -0.39 is 64.1 Å². The van der Waals surface area contributed by atoms with Crippen LogP contribution in [0.5, 0.6) is 0 Å². The fourth-order valence-electron chi connectivity index (χ4n) is 3.96. The van der Waals surface area contributed by atoms with Gasteiger partial charge in [-0.25, -0.2) is 14.1 Å². The molecule has 1 saturated heterocycles. The number of hydrogen-bond donors (Lipinski definition) is 6. The molecule has 1 fully saturated rings. The number of aliphatic hydroxyl groups is 2. The number of hydrogen-bond acceptors (Lipinski definition) is 9. The molecule has 1 aliphatic heterocycles. The lowest BCUT2D eigenvalue weighted by Crippen LogP contribution is -2.33. The van der Waals surface area contributed by atoms with E-state index in [4.69, 9.17) is 30.6 Å². The Balaban J connectivity index is 1.56. The Hall–Kier alpha value is -1.96. The molecule has 3 heterocycles. The number of benzene rings is 1. The first-order chi connectivity index (χ1) is 17.3. The van der Waals surface area contributed by atoms with Crippen molar-refractivity contribution in [2.75, 3.05) is 17.8 Å². The molecule has 13 nitrogen and oxygen atoms in total. The van der Waals surface area contributed by atoms with Gasteiger partial charge < -0.3 is 39.5 Å². The molecule has 2 aromatic heterocycles. The molecule has 0 spiro atoms. The van der Waals surface area contributed by atoms with Crippen molar-refractivity contribution in [1.29, 1.82) is 0 Å². The van der Waals surface area contributed by atoms with E-state index in [0.717, 1.165) is 4.68 Å². The van der Waals surface area contributed by atoms with Gasteiger partial charge in [-0.05, 0) is 19.1 Å². The summed E-state index contributed by atoms with van der Waals surface area (Å²) in [5.41, 5.74) is 1.03. The summed E-state index contributed by atoms with van der Waals surface area (Å²) in [5.74, 6) is -1.81. The zero-order chi connectivity index (χ0) is 27.1. The lowest BCUT2D eigenvalue weighted by Gasteiger charge is -2.19. The Morgan fingerprint density at radius 1 is 1.24 bits per heavy atom. The molecule has 202 valence electrons. The maximum absolute atomic E-state index is 14.2. The molecular weight excluding hydrogens is 557 g/mol. The van der Waals surface area contributed by atoms with Gasteiger partial charge in [-0.15, -0.1) is 0 Å². The van der Waals surface area contributed by atoms with Crippen molar-refractivity contribution in [2.24, 2.45) is 0 Å². The molecule has 6 atom stereocenters. The van der Waals surface area contributed by atoms with E-state index in [1.54, 1.807) is 25.1 Å². The van der Waals surface area contributed by atoms with Crippen LogP contribution in [0.25, 0.3) is 11.0 Å². The summed E-state index contributed by atoms with van der Waals surface area (Å²) in [6.07, 6.45) is -4.43. The fraction of sp³-hybridized carbons (Fsp3) is 0.400. The van der Waals surface area contributed by atoms with Gasteiger partial charge >= 0.3 is 15.2 Å². The highest BCUT2D eigenvalue weighted by molar-refractivity contribution is 7.70. The predicted molar refractivity (Wildman–Crippen MR) is 130 cm³/mol. The van der Waals surface area contributed by atoms with Crippen molar-refractivity contribution >= 4 is 43.5 Å². The molecule has 3 aromatic rings. The van der Waals surface area contributed by atoms with Crippen LogP contribution in [0.3, 0.4) is 0 Å². The summed E-state index contributed by atoms with van der Waals surface area (Å²) in [4.78, 5) is 31.7. The second-order valence-electron chi connectivity index (χ2n) is 8.49. The van der Waals surface area contributed by atoms with Crippen LogP contribution in [0.1, 0.15) is 24.8 Å². The van der Waals surface area contributed by atoms with Crippen LogP contribution in [0.4, 0.5) is 10.1 Å². The molecule has 0 radical (unpaired) electrons. The van der Waals surface area contributed by atoms with Gasteiger partial charge in [0, 0.05) is 5.56 Å². The Morgan fingerprint density at radius 3 is 2.62 bits per heavy atom. The first-order valence-corrected chi connectivity index (χ1v) is 14.8. The maximum atomic E-state index is 14.2. The number of aliphatic hydroxyl groups excluding tert-OH is 2. The zero-order valence-electron chi connectivity index (χ0n) is 19.1. The average molecular weight is 581 g/mol. The Kier molecular flexibility index (Phi) is 8.08. The van der Waals surface area contributed by atoms with E-state index in [0.29, 0.717) is 16.6 Å². The second kappa shape index (κ2) is 10.7. The van der Waals surface area contributed by atoms with Gasteiger partial charge in [0.25, 0.3) is 0 Å². The summed E-state index contributed by atoms with van der Waals surface area (Å²) in [7, 11) is -9.56. The molecule has 17 heteroatoms. The fourth-order valence-corrected chi connectivity index (χ4v) is 6.72. The number of aromatic nitrogens is 3. The number of rotatable bonds is 9. The Labute approximate surface area is 214 Å². The van der Waals surface area contributed by atoms with Gasteiger partial charge in [0.1, 0.15) is 29.3 Å². The maximum Gasteiger partial charge on any atom is 0.340 e. The van der Waals surface area contributed by atoms with Crippen LogP contribution in [-0.2, 0) is 18.4 Å². The topological polar surface area (TPSA) is 196 Å². The van der Waals surface area contributed by atoms with Crippen molar-refractivity contribution in [3.8, 4) is 0 Å². The van der Waals surface area contributed by atoms with E-state index in [1.807, 2.05) is 0 Å². The highest BCUT2D eigenvalue weighted by atomic mass is 35.5. The van der Waals surface area contributed by atoms with Crippen molar-refractivity contribution in [2.45, 2.75) is 37.5 Å². The number of anilines is 1. The SMILES string of the molecule is C[C@H](Nc1cc(Cl)nc2c1cnn2[C@@H]1O[C@H](COP(=O)(O)CP(=O)(O)O)[C@@H](O)[C@H]1O)c1ccccc1F. The van der Waals surface area contributed by atoms with Crippen LogP contribution in [0.15, 0.2) is 36.5 Å². The van der Waals surface area contributed by atoms with Crippen LogP contribution < -0.4 is 5.32 Å². The molecule has 0 aliphatic carbocycles. The summed E-state index contributed by atoms with van der Waals surface area (Å²) < 4.78 is 48.6. The number of nitrogens with zero attached hydrogens (tertiary/aromatic N) is 3. The summed E-state index contributed by atoms with van der Waals surface area (Å²) >= 11 is 6.20. The van der Waals surface area contributed by atoms with Crippen molar-refractivity contribution in [3.63, 3.8) is 0 Å². The lowest BCUT2D eigenvalue weighted by molar-refractivity contribution is -0.0541. The molecule has 0 amide bonds. The standard InChI is InChI=1S/C20H24ClFN4O9P2/c1-10(11-4-2-3-5-13(11)22)24-14-6-16(21)25-19-12(14)7-23-26(19)20-18(28)17(27)15(35-20)8-34-37(32,33)9-36(29,30)31/h2-7,10,15,17-18,20,27-28H,8-9H2,1H3,(H,24,25)(H,32,33)(H2,29,30,31)/t10-,15+,17+,18+,20+/m0/s1. The minimum atomic E-state index is -4.85. The van der Waals surface area contributed by atoms with Crippen LogP contribution in [0.2, 0.25) is 5.15 Å². The number of halogens is 2. The molecule has 1 aromatic carbocycles. The molecule has 1 aliphatic rings. The molecule has 4 rings (SSSR count). The van der Waals surface area contributed by atoms with Crippen molar-refractivity contribution in [3.05, 3.63) is 53.1 Å². The van der Waals surface area contributed by atoms with Crippen molar-refractivity contribution < 1.29 is 47.7 Å². The van der Waals surface area contributed by atoms with Crippen molar-refractivity contribution in [1.82, 2.24) is 14.8 Å². The third kappa shape index (κ3) is 6.37. The number of pyridine rings is 1. The smallest absolute Gasteiger partial charge is 0.340 e. The monoisotopic (exact) mass is 580 g/mol. The number of ether oxygens (including phenoxy) is 1. The number of fused-ring (bicyclic) bond motifs is 1. The van der Waals surface area contributed by atoms with E-state index in [2.05, 4.69) is 15.4 Å². The highest BCUT2D eigenvalue weighted by Crippen LogP contribution is 2.55. The third-order valence-electron chi connectivity index (χ3n) is 5.66. The molecule has 0 bridgehead atoms. The summed E-state index contributed by atoms with van der Waals surface area (Å²) in [5, 5.41) is 28.8. The highest BCUT2D eigenvalue weighted by Gasteiger charge is 2.46. The quantitative estimate of drug-likeness (QED) is 0.160. The minimum absolute atomic E-state index is 0.0454. The van der Waals surface area contributed by atoms with E-state index in [9.17, 15) is 28.6 Å². The second-order valence-corrected chi connectivity index (χ2v) is 12.9. The molecule has 0 saturated carbocycles. The number of nitrogens with one attached hydrogen (secondary N) is 1. The zero-order valence-corrected chi connectivity index (χ0v) is 21.7.